The average molecular weight is 258 g/mol. The number of nitrogens with zero attached hydrogens (tertiary/aromatic N) is 1. The van der Waals surface area contributed by atoms with Gasteiger partial charge in [-0.3, -0.25) is 4.90 Å². The van der Waals surface area contributed by atoms with E-state index in [2.05, 4.69) is 66.5 Å². The summed E-state index contributed by atoms with van der Waals surface area (Å²) >= 11 is 0. The Morgan fingerprint density at radius 2 is 2.11 bits per heavy atom. The van der Waals surface area contributed by atoms with E-state index < -0.39 is 0 Å². The summed E-state index contributed by atoms with van der Waals surface area (Å²) in [5.74, 6) is 0. The highest BCUT2D eigenvalue weighted by molar-refractivity contribution is 5.20. The van der Waals surface area contributed by atoms with E-state index in [-0.39, 0.29) is 0 Å². The Bertz CT molecular complexity index is 386. The lowest BCUT2D eigenvalue weighted by Gasteiger charge is -2.40. The van der Waals surface area contributed by atoms with Crippen LogP contribution in [-0.4, -0.2) is 30.6 Å². The van der Waals surface area contributed by atoms with E-state index in [4.69, 9.17) is 0 Å². The molecule has 104 valence electrons. The number of hydrogen-bond donors (Lipinski definition) is 1. The topological polar surface area (TPSA) is 15.3 Å². The van der Waals surface area contributed by atoms with Crippen LogP contribution in [0.5, 0.6) is 0 Å². The predicted molar refractivity (Wildman–Crippen MR) is 82.3 cm³/mol. The minimum atomic E-state index is 0.472. The van der Waals surface area contributed by atoms with Crippen LogP contribution in [0.25, 0.3) is 0 Å². The van der Waals surface area contributed by atoms with E-state index in [1.807, 2.05) is 0 Å². The highest BCUT2D eigenvalue weighted by Crippen LogP contribution is 2.21. The van der Waals surface area contributed by atoms with Gasteiger partial charge in [0.2, 0.25) is 0 Å². The first-order valence-corrected chi connectivity index (χ1v) is 7.48. The van der Waals surface area contributed by atoms with Gasteiger partial charge in [0.05, 0.1) is 0 Å². The fourth-order valence-corrected chi connectivity index (χ4v) is 2.85. The lowest BCUT2D eigenvalue weighted by molar-refractivity contribution is 0.137. The Labute approximate surface area is 117 Å². The van der Waals surface area contributed by atoms with Gasteiger partial charge in [-0.05, 0) is 18.9 Å². The minimum absolute atomic E-state index is 0.472. The van der Waals surface area contributed by atoms with Gasteiger partial charge in [0.1, 0.15) is 0 Å². The van der Waals surface area contributed by atoms with Crippen LogP contribution in [-0.2, 0) is 0 Å². The van der Waals surface area contributed by atoms with Crippen molar-refractivity contribution in [3.8, 4) is 0 Å². The summed E-state index contributed by atoms with van der Waals surface area (Å²) in [6, 6.07) is 12.0. The van der Waals surface area contributed by atoms with Crippen molar-refractivity contribution in [3.63, 3.8) is 0 Å². The summed E-state index contributed by atoms with van der Waals surface area (Å²) < 4.78 is 0. The van der Waals surface area contributed by atoms with Crippen molar-refractivity contribution in [2.75, 3.05) is 19.6 Å². The molecule has 1 aliphatic rings. The largest absolute Gasteiger partial charge is 0.307 e. The van der Waals surface area contributed by atoms with Crippen LogP contribution in [0, 0.1) is 0 Å². The van der Waals surface area contributed by atoms with Crippen molar-refractivity contribution in [2.24, 2.45) is 0 Å². The van der Waals surface area contributed by atoms with Crippen LogP contribution in [0.4, 0.5) is 0 Å². The first-order chi connectivity index (χ1) is 9.35. The number of rotatable bonds is 5. The molecule has 1 aliphatic heterocycles. The first-order valence-electron chi connectivity index (χ1n) is 7.48. The molecule has 1 saturated heterocycles. The molecule has 0 amide bonds. The predicted octanol–water partition coefficient (Wildman–Crippen LogP) is 3.38. The lowest BCUT2D eigenvalue weighted by atomic mass is 9.99. The number of piperazine rings is 1. The highest BCUT2D eigenvalue weighted by atomic mass is 15.2. The molecule has 0 aliphatic carbocycles. The number of nitrogens with one attached hydrogen (secondary N) is 1. The average Bonchev–Trinajstić information content (AvgIpc) is 2.47. The molecule has 19 heavy (non-hydrogen) atoms. The molecule has 2 rings (SSSR count). The molecule has 2 heteroatoms. The highest BCUT2D eigenvalue weighted by Gasteiger charge is 2.26. The zero-order chi connectivity index (χ0) is 13.5. The smallest absolute Gasteiger partial charge is 0.0450 e. The molecule has 0 radical (unpaired) electrons. The third-order valence-corrected chi connectivity index (χ3v) is 3.93. The van der Waals surface area contributed by atoms with Gasteiger partial charge in [-0.2, -0.15) is 0 Å². The lowest BCUT2D eigenvalue weighted by Crippen LogP contribution is -2.52. The molecule has 1 fully saturated rings. The maximum Gasteiger partial charge on any atom is 0.0450 e. The molecule has 0 spiro atoms. The second-order valence-electron chi connectivity index (χ2n) is 5.34. The van der Waals surface area contributed by atoms with Gasteiger partial charge < -0.3 is 5.32 Å². The molecule has 2 atom stereocenters. The summed E-state index contributed by atoms with van der Waals surface area (Å²) in [6.45, 7) is 7.67. The quantitative estimate of drug-likeness (QED) is 0.815. The molecular formula is C17H26N2. The molecular weight excluding hydrogens is 232 g/mol. The fourth-order valence-electron chi connectivity index (χ4n) is 2.85. The van der Waals surface area contributed by atoms with Gasteiger partial charge in [0.25, 0.3) is 0 Å². The van der Waals surface area contributed by atoms with E-state index >= 15 is 0 Å². The zero-order valence-corrected chi connectivity index (χ0v) is 12.2. The van der Waals surface area contributed by atoms with Gasteiger partial charge in [-0.25, -0.2) is 0 Å². The van der Waals surface area contributed by atoms with E-state index in [0.717, 1.165) is 19.6 Å². The van der Waals surface area contributed by atoms with Gasteiger partial charge in [0, 0.05) is 31.7 Å². The Balaban J connectivity index is 2.03. The molecule has 1 aromatic carbocycles. The van der Waals surface area contributed by atoms with E-state index in [0.29, 0.717) is 12.1 Å². The van der Waals surface area contributed by atoms with Crippen molar-refractivity contribution in [2.45, 2.75) is 38.8 Å². The van der Waals surface area contributed by atoms with Crippen LogP contribution in [0.2, 0.25) is 0 Å². The SMILES string of the molecule is C/C=C/CN1CC(c2ccccc2)NCC1CCC. The third kappa shape index (κ3) is 3.92. The summed E-state index contributed by atoms with van der Waals surface area (Å²) in [6.07, 6.45) is 6.97. The molecule has 0 saturated carbocycles. The van der Waals surface area contributed by atoms with Crippen LogP contribution in [0.15, 0.2) is 42.5 Å². The van der Waals surface area contributed by atoms with E-state index in [1.165, 1.54) is 18.4 Å². The molecule has 2 nitrogen and oxygen atoms in total. The van der Waals surface area contributed by atoms with Crippen molar-refractivity contribution >= 4 is 0 Å². The maximum absolute atomic E-state index is 3.71. The first kappa shape index (κ1) is 14.3. The molecule has 0 aromatic heterocycles. The summed E-state index contributed by atoms with van der Waals surface area (Å²) in [5, 5.41) is 3.71. The molecule has 1 heterocycles. The Kier molecular flexibility index (Phi) is 5.62. The van der Waals surface area contributed by atoms with Gasteiger partial charge >= 0.3 is 0 Å². The molecule has 2 unspecified atom stereocenters. The van der Waals surface area contributed by atoms with Crippen molar-refractivity contribution in [1.29, 1.82) is 0 Å². The summed E-state index contributed by atoms with van der Waals surface area (Å²) in [5.41, 5.74) is 1.41. The molecule has 0 bridgehead atoms. The summed E-state index contributed by atoms with van der Waals surface area (Å²) in [7, 11) is 0. The van der Waals surface area contributed by atoms with E-state index in [9.17, 15) is 0 Å². The van der Waals surface area contributed by atoms with Gasteiger partial charge in [-0.15, -0.1) is 0 Å². The van der Waals surface area contributed by atoms with Crippen molar-refractivity contribution < 1.29 is 0 Å². The van der Waals surface area contributed by atoms with Gasteiger partial charge in [0.15, 0.2) is 0 Å². The maximum atomic E-state index is 3.71. The zero-order valence-electron chi connectivity index (χ0n) is 12.2. The fraction of sp³-hybridized carbons (Fsp3) is 0.529. The Morgan fingerprint density at radius 1 is 1.32 bits per heavy atom. The number of hydrogen-bond acceptors (Lipinski definition) is 2. The molecule has 1 aromatic rings. The normalized spacial score (nSPS) is 24.9. The van der Waals surface area contributed by atoms with Crippen molar-refractivity contribution in [1.82, 2.24) is 10.2 Å². The van der Waals surface area contributed by atoms with E-state index in [1.54, 1.807) is 0 Å². The second-order valence-corrected chi connectivity index (χ2v) is 5.34. The Hall–Kier alpha value is -1.12. The number of allylic oxidation sites excluding steroid dienone is 1. The van der Waals surface area contributed by atoms with Crippen LogP contribution < -0.4 is 5.32 Å². The summed E-state index contributed by atoms with van der Waals surface area (Å²) in [4.78, 5) is 2.62. The third-order valence-electron chi connectivity index (χ3n) is 3.93. The van der Waals surface area contributed by atoms with Gasteiger partial charge in [-0.1, -0.05) is 55.8 Å². The number of benzene rings is 1. The second kappa shape index (κ2) is 7.46. The van der Waals surface area contributed by atoms with Crippen LogP contribution in [0.3, 0.4) is 0 Å². The Morgan fingerprint density at radius 3 is 2.79 bits per heavy atom. The van der Waals surface area contributed by atoms with Crippen molar-refractivity contribution in [3.05, 3.63) is 48.0 Å². The molecule has 1 N–H and O–H groups in total. The van der Waals surface area contributed by atoms with Crippen LogP contribution >= 0.6 is 0 Å². The monoisotopic (exact) mass is 258 g/mol. The van der Waals surface area contributed by atoms with Crippen LogP contribution in [0.1, 0.15) is 38.3 Å². The standard InChI is InChI=1S/C17H26N2/c1-3-5-12-19-14-17(15-10-7-6-8-11-15)18-13-16(19)9-4-2/h3,5-8,10-11,16-18H,4,9,12-14H2,1-2H3/b5-3+. The minimum Gasteiger partial charge on any atom is -0.307 e.